The molecule has 21 heavy (non-hydrogen) atoms. The summed E-state index contributed by atoms with van der Waals surface area (Å²) in [6.07, 6.45) is 3.79. The van der Waals surface area contributed by atoms with Gasteiger partial charge in [-0.2, -0.15) is 0 Å². The van der Waals surface area contributed by atoms with Crippen molar-refractivity contribution in [2.24, 2.45) is 5.73 Å². The molecule has 0 unspecified atom stereocenters. The number of likely N-dealkylation sites (N-methyl/N-ethyl adjacent to an activating group) is 1. The Morgan fingerprint density at radius 2 is 2.33 bits per heavy atom. The summed E-state index contributed by atoms with van der Waals surface area (Å²) in [5.74, 6) is 5.90. The third-order valence-corrected chi connectivity index (χ3v) is 3.79. The molecule has 0 fully saturated rings. The van der Waals surface area contributed by atoms with Crippen LogP contribution in [0.5, 0.6) is 0 Å². The van der Waals surface area contributed by atoms with Gasteiger partial charge in [0.2, 0.25) is 5.91 Å². The van der Waals surface area contributed by atoms with Crippen LogP contribution in [-0.4, -0.2) is 29.4 Å². The average Bonchev–Trinajstić information content (AvgIpc) is 2.93. The third-order valence-electron chi connectivity index (χ3n) is 2.89. The molecular formula is C16H17N3OS. The van der Waals surface area contributed by atoms with E-state index in [4.69, 9.17) is 5.73 Å². The zero-order valence-electron chi connectivity index (χ0n) is 11.9. The largest absolute Gasteiger partial charge is 0.341 e. The molecule has 0 bridgehead atoms. The Kier molecular flexibility index (Phi) is 5.50. The van der Waals surface area contributed by atoms with Gasteiger partial charge >= 0.3 is 0 Å². The van der Waals surface area contributed by atoms with Crippen LogP contribution in [0.2, 0.25) is 0 Å². The molecule has 1 amide bonds. The Balaban J connectivity index is 1.93. The molecule has 2 aromatic heterocycles. The Morgan fingerprint density at radius 1 is 1.48 bits per heavy atom. The Labute approximate surface area is 128 Å². The van der Waals surface area contributed by atoms with Crippen LogP contribution in [-0.2, 0) is 17.8 Å². The minimum absolute atomic E-state index is 0.0730. The van der Waals surface area contributed by atoms with E-state index in [9.17, 15) is 4.79 Å². The molecule has 4 nitrogen and oxygen atoms in total. The first-order chi connectivity index (χ1) is 10.2. The van der Waals surface area contributed by atoms with Crippen LogP contribution in [0.4, 0.5) is 0 Å². The van der Waals surface area contributed by atoms with Crippen LogP contribution in [0.15, 0.2) is 36.0 Å². The minimum atomic E-state index is 0.0730. The first kappa shape index (κ1) is 15.2. The van der Waals surface area contributed by atoms with Crippen molar-refractivity contribution in [3.63, 3.8) is 0 Å². The van der Waals surface area contributed by atoms with E-state index >= 15 is 0 Å². The van der Waals surface area contributed by atoms with Crippen molar-refractivity contribution in [3.05, 3.63) is 52.0 Å². The number of nitrogens with zero attached hydrogens (tertiary/aromatic N) is 2. The molecule has 0 aliphatic heterocycles. The van der Waals surface area contributed by atoms with Crippen molar-refractivity contribution in [3.8, 4) is 11.8 Å². The lowest BCUT2D eigenvalue weighted by atomic mass is 10.2. The number of carbonyl (C=O) groups is 1. The number of hydrogen-bond donors (Lipinski definition) is 1. The number of rotatable bonds is 4. The van der Waals surface area contributed by atoms with Gasteiger partial charge < -0.3 is 10.6 Å². The van der Waals surface area contributed by atoms with Crippen molar-refractivity contribution in [2.45, 2.75) is 13.0 Å². The molecule has 2 aromatic rings. The van der Waals surface area contributed by atoms with Crippen LogP contribution in [0.25, 0.3) is 0 Å². The molecule has 0 spiro atoms. The summed E-state index contributed by atoms with van der Waals surface area (Å²) in [6, 6.07) is 5.74. The van der Waals surface area contributed by atoms with E-state index in [-0.39, 0.29) is 5.91 Å². The van der Waals surface area contributed by atoms with Gasteiger partial charge in [0.15, 0.2) is 0 Å². The number of amides is 1. The second-order valence-electron chi connectivity index (χ2n) is 4.61. The maximum absolute atomic E-state index is 12.2. The van der Waals surface area contributed by atoms with Crippen LogP contribution in [0, 0.1) is 11.8 Å². The van der Waals surface area contributed by atoms with E-state index < -0.39 is 0 Å². The van der Waals surface area contributed by atoms with Gasteiger partial charge in [-0.15, -0.1) is 11.3 Å². The lowest BCUT2D eigenvalue weighted by molar-refractivity contribution is -0.129. The Hall–Kier alpha value is -2.16. The van der Waals surface area contributed by atoms with Gasteiger partial charge in [0, 0.05) is 26.0 Å². The molecule has 2 heterocycles. The maximum atomic E-state index is 12.2. The molecule has 0 saturated heterocycles. The molecule has 0 aliphatic carbocycles. The fourth-order valence-electron chi connectivity index (χ4n) is 1.84. The molecule has 2 N–H and O–H groups in total. The lowest BCUT2D eigenvalue weighted by Gasteiger charge is -2.16. The molecule has 0 aromatic carbocycles. The van der Waals surface area contributed by atoms with Crippen molar-refractivity contribution >= 4 is 17.2 Å². The van der Waals surface area contributed by atoms with Crippen LogP contribution < -0.4 is 5.73 Å². The number of thiophene rings is 1. The van der Waals surface area contributed by atoms with Crippen molar-refractivity contribution in [1.29, 1.82) is 0 Å². The second kappa shape index (κ2) is 7.58. The molecular weight excluding hydrogens is 282 g/mol. The number of carbonyl (C=O) groups excluding carboxylic acids is 1. The summed E-state index contributed by atoms with van der Waals surface area (Å²) in [5.41, 5.74) is 7.36. The highest BCUT2D eigenvalue weighted by Crippen LogP contribution is 2.15. The topological polar surface area (TPSA) is 59.2 Å². The van der Waals surface area contributed by atoms with Crippen molar-refractivity contribution in [2.75, 3.05) is 13.6 Å². The fraction of sp³-hybridized carbons (Fsp3) is 0.250. The van der Waals surface area contributed by atoms with E-state index in [1.807, 2.05) is 30.6 Å². The van der Waals surface area contributed by atoms with E-state index in [0.717, 1.165) is 16.0 Å². The highest BCUT2D eigenvalue weighted by molar-refractivity contribution is 7.10. The summed E-state index contributed by atoms with van der Waals surface area (Å²) in [6.45, 7) is 0.941. The van der Waals surface area contributed by atoms with Gasteiger partial charge in [-0.3, -0.25) is 9.78 Å². The first-order valence-electron chi connectivity index (χ1n) is 6.58. The quantitative estimate of drug-likeness (QED) is 0.873. The van der Waals surface area contributed by atoms with Gasteiger partial charge in [0.1, 0.15) is 0 Å². The third kappa shape index (κ3) is 4.71. The summed E-state index contributed by atoms with van der Waals surface area (Å²) >= 11 is 1.57. The Bertz CT molecular complexity index is 655. The van der Waals surface area contributed by atoms with E-state index in [2.05, 4.69) is 16.8 Å². The monoisotopic (exact) mass is 299 g/mol. The Morgan fingerprint density at radius 3 is 3.05 bits per heavy atom. The number of aromatic nitrogens is 1. The zero-order chi connectivity index (χ0) is 15.1. The van der Waals surface area contributed by atoms with Crippen LogP contribution in [0.3, 0.4) is 0 Å². The number of nitrogens with two attached hydrogens (primary N) is 1. The van der Waals surface area contributed by atoms with Gasteiger partial charge in [-0.05, 0) is 28.6 Å². The predicted molar refractivity (Wildman–Crippen MR) is 84.7 cm³/mol. The molecule has 0 atom stereocenters. The van der Waals surface area contributed by atoms with Crippen molar-refractivity contribution in [1.82, 2.24) is 9.88 Å². The van der Waals surface area contributed by atoms with E-state index in [1.165, 1.54) is 0 Å². The molecule has 2 rings (SSSR count). The average molecular weight is 299 g/mol. The molecule has 108 valence electrons. The lowest BCUT2D eigenvalue weighted by Crippen LogP contribution is -2.27. The normalized spacial score (nSPS) is 9.81. The smallest absolute Gasteiger partial charge is 0.227 e. The second-order valence-corrected chi connectivity index (χ2v) is 5.52. The van der Waals surface area contributed by atoms with Gasteiger partial charge in [-0.25, -0.2) is 0 Å². The van der Waals surface area contributed by atoms with Crippen LogP contribution in [0.1, 0.15) is 16.0 Å². The standard InChI is InChI=1S/C16H17N3OS/c1-19(16(20)9-13-4-3-7-18-10-13)11-14-8-15(21-12-14)5-2-6-17/h3-4,7-8,10,12H,6,9,11,17H2,1H3. The first-order valence-corrected chi connectivity index (χ1v) is 7.46. The summed E-state index contributed by atoms with van der Waals surface area (Å²) in [4.78, 5) is 18.9. The number of hydrogen-bond acceptors (Lipinski definition) is 4. The summed E-state index contributed by atoms with van der Waals surface area (Å²) in [5, 5.41) is 2.02. The zero-order valence-corrected chi connectivity index (χ0v) is 12.7. The van der Waals surface area contributed by atoms with E-state index in [1.54, 1.807) is 28.6 Å². The minimum Gasteiger partial charge on any atom is -0.341 e. The predicted octanol–water partition coefficient (Wildman–Crippen LogP) is 1.65. The molecule has 5 heteroatoms. The summed E-state index contributed by atoms with van der Waals surface area (Å²) < 4.78 is 0. The van der Waals surface area contributed by atoms with Gasteiger partial charge in [0.25, 0.3) is 0 Å². The molecule has 0 aliphatic rings. The van der Waals surface area contributed by atoms with Crippen molar-refractivity contribution < 1.29 is 4.79 Å². The maximum Gasteiger partial charge on any atom is 0.227 e. The SMILES string of the molecule is CN(Cc1csc(C#CCN)c1)C(=O)Cc1cccnc1. The highest BCUT2D eigenvalue weighted by atomic mass is 32.1. The van der Waals surface area contributed by atoms with Crippen LogP contribution >= 0.6 is 11.3 Å². The summed E-state index contributed by atoms with van der Waals surface area (Å²) in [7, 11) is 1.81. The molecule has 0 saturated carbocycles. The van der Waals surface area contributed by atoms with Gasteiger partial charge in [-0.1, -0.05) is 17.9 Å². The van der Waals surface area contributed by atoms with E-state index in [0.29, 0.717) is 19.5 Å². The van der Waals surface area contributed by atoms with Gasteiger partial charge in [0.05, 0.1) is 17.8 Å². The number of pyridine rings is 1. The highest BCUT2D eigenvalue weighted by Gasteiger charge is 2.11. The fourth-order valence-corrected chi connectivity index (χ4v) is 2.61. The molecule has 0 radical (unpaired) electrons.